The minimum absolute atomic E-state index is 0.0731. The maximum absolute atomic E-state index is 12.9. The minimum Gasteiger partial charge on any atom is -0.387 e. The Labute approximate surface area is 121 Å². The second-order valence-electron chi connectivity index (χ2n) is 5.51. The fraction of sp³-hybridized carbons (Fsp3) is 0.375. The van der Waals surface area contributed by atoms with Crippen molar-refractivity contribution in [3.63, 3.8) is 0 Å². The van der Waals surface area contributed by atoms with Crippen molar-refractivity contribution in [1.29, 1.82) is 0 Å². The Kier molecular flexibility index (Phi) is 3.59. The molecule has 0 saturated carbocycles. The van der Waals surface area contributed by atoms with Gasteiger partial charge in [-0.3, -0.25) is 14.5 Å². The zero-order chi connectivity index (χ0) is 15.0. The number of likely N-dealkylation sites (tertiary alicyclic amines) is 1. The van der Waals surface area contributed by atoms with Crippen molar-refractivity contribution in [2.45, 2.75) is 18.9 Å². The molecule has 1 aromatic rings. The van der Waals surface area contributed by atoms with Crippen LogP contribution in [0.2, 0.25) is 0 Å². The van der Waals surface area contributed by atoms with E-state index in [-0.39, 0.29) is 30.2 Å². The number of carbonyl (C=O) groups excluding carboxylic acids is 2. The Balaban J connectivity index is 1.74. The molecule has 0 radical (unpaired) electrons. The summed E-state index contributed by atoms with van der Waals surface area (Å²) < 4.78 is 12.9. The molecule has 1 saturated heterocycles. The third kappa shape index (κ3) is 2.49. The molecule has 0 unspecified atom stereocenters. The lowest BCUT2D eigenvalue weighted by molar-refractivity contribution is -0.141. The fourth-order valence-corrected chi connectivity index (χ4v) is 3.01. The number of benzene rings is 1. The summed E-state index contributed by atoms with van der Waals surface area (Å²) in [6, 6.07) is 5.41. The zero-order valence-corrected chi connectivity index (χ0v) is 11.4. The van der Waals surface area contributed by atoms with Crippen molar-refractivity contribution in [1.82, 2.24) is 4.90 Å². The number of imide groups is 1. The first-order valence-corrected chi connectivity index (χ1v) is 7.01. The van der Waals surface area contributed by atoms with Gasteiger partial charge in [0.05, 0.1) is 24.5 Å². The van der Waals surface area contributed by atoms with Gasteiger partial charge in [0.15, 0.2) is 0 Å². The smallest absolute Gasteiger partial charge is 0.233 e. The Morgan fingerprint density at radius 2 is 1.62 bits per heavy atom. The lowest BCUT2D eigenvalue weighted by Crippen LogP contribution is -2.35. The normalized spacial score (nSPS) is 26.1. The van der Waals surface area contributed by atoms with Gasteiger partial charge in [0.25, 0.3) is 0 Å². The van der Waals surface area contributed by atoms with E-state index in [0.717, 1.165) is 4.90 Å². The highest BCUT2D eigenvalue weighted by Gasteiger charge is 2.47. The first kappa shape index (κ1) is 13.9. The Morgan fingerprint density at radius 1 is 1.10 bits per heavy atom. The van der Waals surface area contributed by atoms with Crippen LogP contribution in [0.5, 0.6) is 0 Å². The molecular formula is C16H16FNO3. The molecule has 0 bridgehead atoms. The van der Waals surface area contributed by atoms with Crippen LogP contribution in [0.4, 0.5) is 4.39 Å². The van der Waals surface area contributed by atoms with Gasteiger partial charge in [-0.25, -0.2) is 4.39 Å². The minimum atomic E-state index is -0.994. The van der Waals surface area contributed by atoms with E-state index in [2.05, 4.69) is 0 Å². The van der Waals surface area contributed by atoms with E-state index >= 15 is 0 Å². The van der Waals surface area contributed by atoms with E-state index < -0.39 is 11.9 Å². The van der Waals surface area contributed by atoms with Gasteiger partial charge < -0.3 is 5.11 Å². The van der Waals surface area contributed by atoms with E-state index in [4.69, 9.17) is 0 Å². The van der Waals surface area contributed by atoms with E-state index in [1.54, 1.807) is 0 Å². The number of hydrogen-bond donors (Lipinski definition) is 1. The summed E-state index contributed by atoms with van der Waals surface area (Å²) in [5, 5.41) is 10.2. The van der Waals surface area contributed by atoms with Gasteiger partial charge in [0.1, 0.15) is 5.82 Å². The number of carbonyl (C=O) groups is 2. The third-order valence-electron chi connectivity index (χ3n) is 4.21. The number of nitrogens with zero attached hydrogens (tertiary/aromatic N) is 1. The maximum Gasteiger partial charge on any atom is 0.233 e. The summed E-state index contributed by atoms with van der Waals surface area (Å²) in [7, 11) is 0. The quantitative estimate of drug-likeness (QED) is 0.682. The average Bonchev–Trinajstić information content (AvgIpc) is 2.73. The number of rotatable bonds is 3. The maximum atomic E-state index is 12.9. The molecular weight excluding hydrogens is 273 g/mol. The number of halogens is 1. The number of amides is 2. The van der Waals surface area contributed by atoms with Crippen LogP contribution in [0.3, 0.4) is 0 Å². The summed E-state index contributed by atoms with van der Waals surface area (Å²) in [5.41, 5.74) is 0.491. The van der Waals surface area contributed by atoms with Crippen LogP contribution in [0.25, 0.3) is 0 Å². The highest BCUT2D eigenvalue weighted by atomic mass is 19.1. The monoisotopic (exact) mass is 289 g/mol. The van der Waals surface area contributed by atoms with Gasteiger partial charge in [-0.05, 0) is 30.5 Å². The highest BCUT2D eigenvalue weighted by Crippen LogP contribution is 2.35. The van der Waals surface area contributed by atoms with Crippen molar-refractivity contribution in [2.24, 2.45) is 11.8 Å². The highest BCUT2D eigenvalue weighted by molar-refractivity contribution is 6.05. The molecule has 1 aliphatic heterocycles. The van der Waals surface area contributed by atoms with E-state index in [0.29, 0.717) is 18.4 Å². The summed E-state index contributed by atoms with van der Waals surface area (Å²) in [5.74, 6) is -1.40. The zero-order valence-electron chi connectivity index (χ0n) is 11.4. The number of allylic oxidation sites excluding steroid dienone is 2. The molecule has 1 heterocycles. The summed E-state index contributed by atoms with van der Waals surface area (Å²) in [6.07, 6.45) is 4.02. The van der Waals surface area contributed by atoms with Crippen LogP contribution in [0, 0.1) is 17.7 Å². The molecule has 1 aliphatic carbocycles. The van der Waals surface area contributed by atoms with Crippen LogP contribution in [-0.4, -0.2) is 28.4 Å². The number of fused-ring (bicyclic) bond motifs is 1. The van der Waals surface area contributed by atoms with Crippen LogP contribution in [0.15, 0.2) is 36.4 Å². The molecule has 1 fully saturated rings. The molecule has 0 spiro atoms. The van der Waals surface area contributed by atoms with Gasteiger partial charge in [-0.2, -0.15) is 0 Å². The lowest BCUT2D eigenvalue weighted by atomic mass is 9.85. The van der Waals surface area contributed by atoms with Gasteiger partial charge in [-0.15, -0.1) is 0 Å². The molecule has 1 aromatic carbocycles. The second kappa shape index (κ2) is 5.41. The first-order chi connectivity index (χ1) is 10.1. The van der Waals surface area contributed by atoms with E-state index in [1.807, 2.05) is 12.2 Å². The molecule has 2 amide bonds. The van der Waals surface area contributed by atoms with Crippen molar-refractivity contribution in [2.75, 3.05) is 6.54 Å². The molecule has 3 rings (SSSR count). The van der Waals surface area contributed by atoms with Crippen molar-refractivity contribution >= 4 is 11.8 Å². The third-order valence-corrected chi connectivity index (χ3v) is 4.21. The second-order valence-corrected chi connectivity index (χ2v) is 5.51. The van der Waals surface area contributed by atoms with Crippen molar-refractivity contribution in [3.05, 3.63) is 47.8 Å². The first-order valence-electron chi connectivity index (χ1n) is 7.01. The van der Waals surface area contributed by atoms with Gasteiger partial charge >= 0.3 is 0 Å². The molecule has 1 N–H and O–H groups in total. The predicted octanol–water partition coefficient (Wildman–Crippen LogP) is 1.81. The Bertz CT molecular complexity index is 570. The Morgan fingerprint density at radius 3 is 2.14 bits per heavy atom. The largest absolute Gasteiger partial charge is 0.387 e. The topological polar surface area (TPSA) is 57.6 Å². The number of β-amino-alcohol motifs (C(OH)–C–C–N with tert-alkyl or cyclic N) is 1. The fourth-order valence-electron chi connectivity index (χ4n) is 3.01. The van der Waals surface area contributed by atoms with E-state index in [1.165, 1.54) is 24.3 Å². The lowest BCUT2D eigenvalue weighted by Gasteiger charge is -2.19. The number of hydrogen-bond acceptors (Lipinski definition) is 3. The molecule has 3 atom stereocenters. The summed E-state index contributed by atoms with van der Waals surface area (Å²) in [4.78, 5) is 25.7. The molecule has 0 aromatic heterocycles. The van der Waals surface area contributed by atoms with Crippen LogP contribution in [0.1, 0.15) is 24.5 Å². The molecule has 5 heteroatoms. The van der Waals surface area contributed by atoms with Gasteiger partial charge in [0.2, 0.25) is 11.8 Å². The SMILES string of the molecule is O=C1[C@H]2CC=CC[C@H]2C(=O)N1C[C@H](O)c1ccc(F)cc1. The molecule has 4 nitrogen and oxygen atoms in total. The number of aliphatic hydroxyl groups excluding tert-OH is 1. The van der Waals surface area contributed by atoms with E-state index in [9.17, 15) is 19.1 Å². The van der Waals surface area contributed by atoms with Crippen molar-refractivity contribution < 1.29 is 19.1 Å². The van der Waals surface area contributed by atoms with Crippen molar-refractivity contribution in [3.8, 4) is 0 Å². The summed E-state index contributed by atoms with van der Waals surface area (Å²) in [6.45, 7) is -0.0731. The van der Waals surface area contributed by atoms with Gasteiger partial charge in [0, 0.05) is 0 Å². The molecule has 110 valence electrons. The molecule has 21 heavy (non-hydrogen) atoms. The summed E-state index contributed by atoms with van der Waals surface area (Å²) >= 11 is 0. The predicted molar refractivity (Wildman–Crippen MR) is 73.4 cm³/mol. The Hall–Kier alpha value is -2.01. The standard InChI is InChI=1S/C16H16FNO3/c17-11-7-5-10(6-8-11)14(19)9-18-15(20)12-3-1-2-4-13(12)16(18)21/h1-2,5-8,12-14,19H,3-4,9H2/t12-,13+,14-/m0/s1. The average molecular weight is 289 g/mol. The number of aliphatic hydroxyl groups is 1. The van der Waals surface area contributed by atoms with Crippen LogP contribution >= 0.6 is 0 Å². The van der Waals surface area contributed by atoms with Crippen LogP contribution in [-0.2, 0) is 9.59 Å². The molecule has 2 aliphatic rings. The van der Waals surface area contributed by atoms with Crippen LogP contribution < -0.4 is 0 Å². The van der Waals surface area contributed by atoms with Gasteiger partial charge in [-0.1, -0.05) is 24.3 Å².